The molecule has 0 saturated heterocycles. The highest BCUT2D eigenvalue weighted by Gasteiger charge is 2.12. The van der Waals surface area contributed by atoms with Crippen molar-refractivity contribution in [2.45, 2.75) is 64.7 Å². The van der Waals surface area contributed by atoms with Gasteiger partial charge in [0, 0.05) is 17.7 Å². The molecule has 3 N–H and O–H groups in total. The van der Waals surface area contributed by atoms with E-state index in [-0.39, 0.29) is 11.7 Å². The van der Waals surface area contributed by atoms with Crippen molar-refractivity contribution in [3.63, 3.8) is 0 Å². The maximum atomic E-state index is 12.6. The molecule has 1 heterocycles. The van der Waals surface area contributed by atoms with Gasteiger partial charge in [-0.15, -0.1) is 0 Å². The minimum Gasteiger partial charge on any atom is -0.508 e. The van der Waals surface area contributed by atoms with Gasteiger partial charge in [0.05, 0.1) is 5.52 Å². The Morgan fingerprint density at radius 1 is 0.861 bits per heavy atom. The SMILES string of the molecule is CCCCCCCCC/C=C/C=C/C=C/C=C/C=C/C=C/C(=O)n1cc(CCN)c2cc(O)ccc21. The van der Waals surface area contributed by atoms with Gasteiger partial charge in [-0.1, -0.05) is 112 Å². The van der Waals surface area contributed by atoms with E-state index in [4.69, 9.17) is 5.73 Å². The Balaban J connectivity index is 1.70. The van der Waals surface area contributed by atoms with E-state index in [1.165, 1.54) is 51.0 Å². The van der Waals surface area contributed by atoms with Crippen molar-refractivity contribution in [3.05, 3.63) is 103 Å². The van der Waals surface area contributed by atoms with Crippen LogP contribution in [0.3, 0.4) is 0 Å². The van der Waals surface area contributed by atoms with Crippen molar-refractivity contribution in [3.8, 4) is 5.75 Å². The summed E-state index contributed by atoms with van der Waals surface area (Å²) in [4.78, 5) is 12.6. The second kappa shape index (κ2) is 18.0. The van der Waals surface area contributed by atoms with Crippen LogP contribution in [-0.2, 0) is 6.42 Å². The fraction of sp³-hybridized carbons (Fsp3) is 0.344. The number of unbranched alkanes of at least 4 members (excludes halogenated alkanes) is 7. The smallest absolute Gasteiger partial charge is 0.255 e. The summed E-state index contributed by atoms with van der Waals surface area (Å²) in [5.41, 5.74) is 7.41. The molecule has 0 aliphatic heterocycles. The van der Waals surface area contributed by atoms with Crippen molar-refractivity contribution in [1.82, 2.24) is 4.57 Å². The number of aromatic hydroxyl groups is 1. The standard InChI is InChI=1S/C32H42N2O2/c1-2-3-4-5-6-7-8-9-10-11-12-13-14-15-16-17-18-19-20-21-32(36)34-27-28(24-25-33)30-26-29(35)22-23-31(30)34/h10-23,26-27,35H,2-9,24-25,33H2,1H3/b11-10+,13-12+,15-14+,17-16+,19-18+,21-20+. The van der Waals surface area contributed by atoms with Crippen molar-refractivity contribution < 1.29 is 9.90 Å². The Kier molecular flexibility index (Phi) is 14.4. The van der Waals surface area contributed by atoms with E-state index in [1.807, 2.05) is 42.5 Å². The van der Waals surface area contributed by atoms with Gasteiger partial charge in [0.15, 0.2) is 0 Å². The van der Waals surface area contributed by atoms with Crippen LogP contribution in [0.25, 0.3) is 10.9 Å². The minimum absolute atomic E-state index is 0.146. The van der Waals surface area contributed by atoms with Crippen molar-refractivity contribution in [2.75, 3.05) is 6.54 Å². The Hall–Kier alpha value is -3.37. The van der Waals surface area contributed by atoms with E-state index in [1.54, 1.807) is 35.0 Å². The molecule has 0 fully saturated rings. The highest BCUT2D eigenvalue weighted by atomic mass is 16.3. The predicted octanol–water partition coefficient (Wildman–Crippen LogP) is 7.97. The average molecular weight is 487 g/mol. The van der Waals surface area contributed by atoms with Crippen molar-refractivity contribution >= 4 is 16.8 Å². The first-order valence-electron chi connectivity index (χ1n) is 13.2. The van der Waals surface area contributed by atoms with Crippen LogP contribution in [0.2, 0.25) is 0 Å². The van der Waals surface area contributed by atoms with Crippen molar-refractivity contribution in [2.24, 2.45) is 5.73 Å². The monoisotopic (exact) mass is 486 g/mol. The lowest BCUT2D eigenvalue weighted by Crippen LogP contribution is -2.06. The first-order chi connectivity index (χ1) is 17.7. The summed E-state index contributed by atoms with van der Waals surface area (Å²) in [7, 11) is 0. The lowest BCUT2D eigenvalue weighted by Gasteiger charge is -1.99. The molecule has 0 amide bonds. The van der Waals surface area contributed by atoms with Gasteiger partial charge in [-0.2, -0.15) is 0 Å². The fourth-order valence-electron chi connectivity index (χ4n) is 3.95. The topological polar surface area (TPSA) is 68.2 Å². The second-order valence-electron chi connectivity index (χ2n) is 8.84. The number of allylic oxidation sites excluding steroid dienone is 12. The third-order valence-corrected chi connectivity index (χ3v) is 5.87. The van der Waals surface area contributed by atoms with E-state index in [9.17, 15) is 9.90 Å². The number of hydrogen-bond donors (Lipinski definition) is 2. The number of aromatic nitrogens is 1. The normalized spacial score (nSPS) is 12.8. The van der Waals surface area contributed by atoms with Crippen LogP contribution in [0, 0.1) is 0 Å². The molecular weight excluding hydrogens is 444 g/mol. The molecule has 0 spiro atoms. The molecule has 2 aromatic rings. The van der Waals surface area contributed by atoms with Gasteiger partial charge in [0.25, 0.3) is 5.91 Å². The molecule has 0 atom stereocenters. The zero-order valence-electron chi connectivity index (χ0n) is 21.7. The molecule has 2 rings (SSSR count). The number of phenolic OH excluding ortho intramolecular Hbond substituents is 1. The zero-order chi connectivity index (χ0) is 25.8. The first-order valence-corrected chi connectivity index (χ1v) is 13.2. The molecule has 0 bridgehead atoms. The Labute approximate surface area is 216 Å². The number of carbonyl (C=O) groups is 1. The van der Waals surface area contributed by atoms with Gasteiger partial charge < -0.3 is 10.8 Å². The molecule has 192 valence electrons. The lowest BCUT2D eigenvalue weighted by atomic mass is 10.1. The van der Waals surface area contributed by atoms with Gasteiger partial charge in [0.2, 0.25) is 0 Å². The van der Waals surface area contributed by atoms with Gasteiger partial charge in [-0.3, -0.25) is 9.36 Å². The summed E-state index contributed by atoms with van der Waals surface area (Å²) < 4.78 is 1.60. The van der Waals surface area contributed by atoms with Gasteiger partial charge in [0.1, 0.15) is 5.75 Å². The van der Waals surface area contributed by atoms with Crippen LogP contribution in [0.5, 0.6) is 5.75 Å². The van der Waals surface area contributed by atoms with E-state index < -0.39 is 0 Å². The minimum atomic E-state index is -0.146. The van der Waals surface area contributed by atoms with Gasteiger partial charge in [-0.05, 0) is 49.6 Å². The number of fused-ring (bicyclic) bond motifs is 1. The summed E-state index contributed by atoms with van der Waals surface area (Å²) in [6.07, 6.45) is 36.3. The number of nitrogens with two attached hydrogens (primary N) is 1. The highest BCUT2D eigenvalue weighted by Crippen LogP contribution is 2.26. The Bertz CT molecular complexity index is 1100. The summed E-state index contributed by atoms with van der Waals surface area (Å²) in [5, 5.41) is 10.6. The number of benzene rings is 1. The lowest BCUT2D eigenvalue weighted by molar-refractivity contribution is 0.0973. The average Bonchev–Trinajstić information content (AvgIpc) is 3.23. The van der Waals surface area contributed by atoms with E-state index in [0.29, 0.717) is 13.0 Å². The van der Waals surface area contributed by atoms with E-state index in [2.05, 4.69) is 25.2 Å². The summed E-state index contributed by atoms with van der Waals surface area (Å²) in [6.45, 7) is 2.74. The van der Waals surface area contributed by atoms with Gasteiger partial charge >= 0.3 is 0 Å². The highest BCUT2D eigenvalue weighted by molar-refractivity contribution is 5.99. The van der Waals surface area contributed by atoms with Crippen LogP contribution < -0.4 is 5.73 Å². The molecule has 4 heteroatoms. The predicted molar refractivity (Wildman–Crippen MR) is 154 cm³/mol. The number of carbonyl (C=O) groups excluding carboxylic acids is 1. The van der Waals surface area contributed by atoms with Crippen LogP contribution in [-0.4, -0.2) is 22.1 Å². The van der Waals surface area contributed by atoms with Crippen LogP contribution in [0.1, 0.15) is 68.6 Å². The summed E-state index contributed by atoms with van der Waals surface area (Å²) >= 11 is 0. The molecule has 4 nitrogen and oxygen atoms in total. The molecule has 1 aromatic heterocycles. The Morgan fingerprint density at radius 2 is 1.47 bits per heavy atom. The van der Waals surface area contributed by atoms with E-state index >= 15 is 0 Å². The first kappa shape index (κ1) is 28.9. The van der Waals surface area contributed by atoms with Crippen LogP contribution in [0.15, 0.2) is 97.3 Å². The molecule has 0 aliphatic rings. The molecule has 0 aliphatic carbocycles. The second-order valence-corrected chi connectivity index (χ2v) is 8.84. The zero-order valence-corrected chi connectivity index (χ0v) is 21.7. The quantitative estimate of drug-likeness (QED) is 0.144. The van der Waals surface area contributed by atoms with E-state index in [0.717, 1.165) is 22.9 Å². The third kappa shape index (κ3) is 10.9. The molecule has 0 unspecified atom stereocenters. The van der Waals surface area contributed by atoms with Gasteiger partial charge in [-0.25, -0.2) is 0 Å². The number of rotatable bonds is 16. The number of hydrogen-bond acceptors (Lipinski definition) is 3. The van der Waals surface area contributed by atoms with Crippen LogP contribution >= 0.6 is 0 Å². The molecule has 0 radical (unpaired) electrons. The maximum absolute atomic E-state index is 12.6. The maximum Gasteiger partial charge on any atom is 0.255 e. The molecule has 0 saturated carbocycles. The number of nitrogens with zero attached hydrogens (tertiary/aromatic N) is 1. The fourth-order valence-corrected chi connectivity index (χ4v) is 3.95. The Morgan fingerprint density at radius 3 is 2.14 bits per heavy atom. The third-order valence-electron chi connectivity index (χ3n) is 5.87. The largest absolute Gasteiger partial charge is 0.508 e. The number of phenols is 1. The molecule has 1 aromatic carbocycles. The van der Waals surface area contributed by atoms with Crippen molar-refractivity contribution in [1.29, 1.82) is 0 Å². The summed E-state index contributed by atoms with van der Waals surface area (Å²) in [5.74, 6) is 0.0312. The summed E-state index contributed by atoms with van der Waals surface area (Å²) in [6, 6.07) is 5.01. The van der Waals surface area contributed by atoms with Crippen LogP contribution in [0.4, 0.5) is 0 Å². The molecular formula is C32H42N2O2. The molecule has 36 heavy (non-hydrogen) atoms.